The van der Waals surface area contributed by atoms with Crippen LogP contribution < -0.4 is 0 Å². The Labute approximate surface area is 162 Å². The maximum atomic E-state index is 12.3. The summed E-state index contributed by atoms with van der Waals surface area (Å²) in [5, 5.41) is 0. The van der Waals surface area contributed by atoms with Crippen LogP contribution in [-0.4, -0.2) is 35.9 Å². The molecule has 0 aromatic rings. The quantitative estimate of drug-likeness (QED) is 0.298. The first-order valence-corrected chi connectivity index (χ1v) is 10.1. The summed E-state index contributed by atoms with van der Waals surface area (Å²) in [5.74, 6) is -0.791. The Hall–Kier alpha value is -1.62. The maximum Gasteiger partial charge on any atom is 0.334 e. The van der Waals surface area contributed by atoms with Crippen LogP contribution in [0.1, 0.15) is 66.2 Å². The Morgan fingerprint density at radius 3 is 2.85 bits per heavy atom. The molecule has 2 saturated heterocycles. The van der Waals surface area contributed by atoms with Crippen molar-refractivity contribution >= 4 is 11.9 Å². The number of carbonyl (C=O) groups is 2. The van der Waals surface area contributed by atoms with Gasteiger partial charge in [0.25, 0.3) is 0 Å². The molecule has 5 heteroatoms. The number of ether oxygens (including phenoxy) is 3. The highest BCUT2D eigenvalue weighted by Crippen LogP contribution is 2.48. The van der Waals surface area contributed by atoms with Crippen molar-refractivity contribution in [2.75, 3.05) is 0 Å². The van der Waals surface area contributed by atoms with Gasteiger partial charge in [-0.25, -0.2) is 4.79 Å². The molecule has 2 fully saturated rings. The number of hydrogen-bond acceptors (Lipinski definition) is 5. The van der Waals surface area contributed by atoms with Crippen LogP contribution in [-0.2, 0) is 23.8 Å². The number of allylic oxidation sites excluding steroid dienone is 2. The summed E-state index contributed by atoms with van der Waals surface area (Å²) in [4.78, 5) is 24.0. The van der Waals surface area contributed by atoms with Crippen molar-refractivity contribution in [1.82, 2.24) is 0 Å². The van der Waals surface area contributed by atoms with E-state index in [-0.39, 0.29) is 35.5 Å². The van der Waals surface area contributed by atoms with Gasteiger partial charge < -0.3 is 14.2 Å². The Balaban J connectivity index is 1.86. The molecule has 0 aromatic heterocycles. The number of fused-ring (bicyclic) bond motifs is 2. The zero-order valence-corrected chi connectivity index (χ0v) is 17.0. The second-order valence-corrected chi connectivity index (χ2v) is 8.69. The van der Waals surface area contributed by atoms with E-state index in [1.807, 2.05) is 0 Å². The number of carbonyl (C=O) groups excluding carboxylic acids is 2. The number of esters is 2. The molecule has 0 radical (unpaired) electrons. The third-order valence-electron chi connectivity index (χ3n) is 6.40. The highest BCUT2D eigenvalue weighted by atomic mass is 16.6. The predicted molar refractivity (Wildman–Crippen MR) is 102 cm³/mol. The average Bonchev–Trinajstić information content (AvgIpc) is 3.14. The molecule has 5 nitrogen and oxygen atoms in total. The molecule has 0 saturated carbocycles. The van der Waals surface area contributed by atoms with E-state index in [1.165, 1.54) is 12.5 Å². The van der Waals surface area contributed by atoms with Crippen LogP contribution in [0.4, 0.5) is 0 Å². The predicted octanol–water partition coefficient (Wildman–Crippen LogP) is 4.11. The van der Waals surface area contributed by atoms with Gasteiger partial charge in [-0.3, -0.25) is 4.79 Å². The fourth-order valence-electron chi connectivity index (χ4n) is 4.52. The van der Waals surface area contributed by atoms with E-state index in [1.54, 1.807) is 0 Å². The van der Waals surface area contributed by atoms with Crippen molar-refractivity contribution in [1.29, 1.82) is 0 Å². The standard InChI is InChI=1S/C22H32O5/c1-13-8-6-10-14(2)19(25-16(4)23)20-17(15(3)21(24)26-20)12-18-22(5,27-18)11-7-9-13/h9,14,17-20H,3,6-8,10-12H2,1-2,4-5H3/b13-9-/t14-,17-,18+,19-,20+,22+/m0/s1. The topological polar surface area (TPSA) is 65.1 Å². The SMILES string of the molecule is C=C1C(=O)O[C@H]2[C@@H](OC(C)=O)[C@@H](C)CCC/C(C)=C\CC[C@@]3(C)O[C@@H]3C[C@@H]12. The molecule has 0 spiro atoms. The molecule has 2 heterocycles. The molecule has 3 aliphatic rings. The van der Waals surface area contributed by atoms with Crippen LogP contribution in [0.2, 0.25) is 0 Å². The molecule has 6 atom stereocenters. The van der Waals surface area contributed by atoms with Gasteiger partial charge >= 0.3 is 11.9 Å². The van der Waals surface area contributed by atoms with Crippen molar-refractivity contribution in [3.8, 4) is 0 Å². The lowest BCUT2D eigenvalue weighted by Gasteiger charge is -2.31. The Morgan fingerprint density at radius 2 is 2.15 bits per heavy atom. The van der Waals surface area contributed by atoms with Crippen LogP contribution in [0.3, 0.4) is 0 Å². The molecule has 0 bridgehead atoms. The first-order valence-electron chi connectivity index (χ1n) is 10.1. The summed E-state index contributed by atoms with van der Waals surface area (Å²) in [6.45, 7) is 11.8. The van der Waals surface area contributed by atoms with Crippen LogP contribution in [0, 0.1) is 11.8 Å². The van der Waals surface area contributed by atoms with E-state index in [9.17, 15) is 9.59 Å². The molecule has 2 aliphatic heterocycles. The fraction of sp³-hybridized carbons (Fsp3) is 0.727. The Bertz CT molecular complexity index is 651. The lowest BCUT2D eigenvalue weighted by Crippen LogP contribution is -2.40. The monoisotopic (exact) mass is 376 g/mol. The van der Waals surface area contributed by atoms with Crippen molar-refractivity contribution in [3.05, 3.63) is 23.8 Å². The molecule has 0 aromatic carbocycles. The van der Waals surface area contributed by atoms with Gasteiger partial charge in [0.1, 0.15) is 12.2 Å². The zero-order valence-electron chi connectivity index (χ0n) is 17.0. The van der Waals surface area contributed by atoms with E-state index in [0.29, 0.717) is 12.0 Å². The normalized spacial score (nSPS) is 42.1. The van der Waals surface area contributed by atoms with Crippen molar-refractivity contribution in [2.24, 2.45) is 11.8 Å². The van der Waals surface area contributed by atoms with Gasteiger partial charge in [-0.2, -0.15) is 0 Å². The zero-order chi connectivity index (χ0) is 19.8. The average molecular weight is 376 g/mol. The minimum absolute atomic E-state index is 0.0844. The third-order valence-corrected chi connectivity index (χ3v) is 6.40. The number of epoxide rings is 1. The molecule has 27 heavy (non-hydrogen) atoms. The highest BCUT2D eigenvalue weighted by Gasteiger charge is 2.56. The van der Waals surface area contributed by atoms with Crippen molar-refractivity contribution in [2.45, 2.75) is 90.1 Å². The van der Waals surface area contributed by atoms with Gasteiger partial charge in [0, 0.05) is 18.4 Å². The van der Waals surface area contributed by atoms with Gasteiger partial charge in [0.2, 0.25) is 0 Å². The van der Waals surface area contributed by atoms with Crippen LogP contribution in [0.25, 0.3) is 0 Å². The molecular weight excluding hydrogens is 344 g/mol. The van der Waals surface area contributed by atoms with Crippen molar-refractivity contribution < 1.29 is 23.8 Å². The second kappa shape index (κ2) is 7.78. The van der Waals surface area contributed by atoms with Gasteiger partial charge in [0.05, 0.1) is 11.7 Å². The summed E-state index contributed by atoms with van der Waals surface area (Å²) in [6.07, 6.45) is 7.08. The third kappa shape index (κ3) is 4.45. The van der Waals surface area contributed by atoms with E-state index >= 15 is 0 Å². The largest absolute Gasteiger partial charge is 0.458 e. The van der Waals surface area contributed by atoms with Gasteiger partial charge in [-0.15, -0.1) is 0 Å². The highest BCUT2D eigenvalue weighted by molar-refractivity contribution is 5.91. The van der Waals surface area contributed by atoms with Gasteiger partial charge in [-0.05, 0) is 58.3 Å². The molecule has 1 aliphatic carbocycles. The first kappa shape index (κ1) is 20.1. The minimum Gasteiger partial charge on any atom is -0.458 e. The van der Waals surface area contributed by atoms with Crippen LogP contribution >= 0.6 is 0 Å². The smallest absolute Gasteiger partial charge is 0.334 e. The van der Waals surface area contributed by atoms with Gasteiger partial charge in [-0.1, -0.05) is 25.2 Å². The summed E-state index contributed by atoms with van der Waals surface area (Å²) < 4.78 is 17.3. The molecule has 3 rings (SSSR count). The summed E-state index contributed by atoms with van der Waals surface area (Å²) >= 11 is 0. The Morgan fingerprint density at radius 1 is 1.41 bits per heavy atom. The van der Waals surface area contributed by atoms with Crippen LogP contribution in [0.5, 0.6) is 0 Å². The summed E-state index contributed by atoms with van der Waals surface area (Å²) in [6, 6.07) is 0. The summed E-state index contributed by atoms with van der Waals surface area (Å²) in [5.41, 5.74) is 1.72. The Kier molecular flexibility index (Phi) is 5.80. The van der Waals surface area contributed by atoms with E-state index in [0.717, 1.165) is 32.1 Å². The maximum absolute atomic E-state index is 12.3. The van der Waals surface area contributed by atoms with E-state index in [4.69, 9.17) is 14.2 Å². The number of hydrogen-bond donors (Lipinski definition) is 0. The van der Waals surface area contributed by atoms with Gasteiger partial charge in [0.15, 0.2) is 0 Å². The van der Waals surface area contributed by atoms with Crippen molar-refractivity contribution in [3.63, 3.8) is 0 Å². The minimum atomic E-state index is -0.475. The van der Waals surface area contributed by atoms with Crippen LogP contribution in [0.15, 0.2) is 23.8 Å². The first-order chi connectivity index (χ1) is 12.7. The lowest BCUT2D eigenvalue weighted by atomic mass is 9.81. The van der Waals surface area contributed by atoms with E-state index < -0.39 is 12.2 Å². The number of rotatable bonds is 1. The summed E-state index contributed by atoms with van der Waals surface area (Å²) in [7, 11) is 0. The molecule has 0 unspecified atom stereocenters. The van der Waals surface area contributed by atoms with E-state index in [2.05, 4.69) is 33.4 Å². The lowest BCUT2D eigenvalue weighted by molar-refractivity contribution is -0.165. The molecule has 0 amide bonds. The molecular formula is C22H32O5. The second-order valence-electron chi connectivity index (χ2n) is 8.69. The fourth-order valence-corrected chi connectivity index (χ4v) is 4.52. The molecule has 0 N–H and O–H groups in total. The molecule has 150 valence electrons.